The van der Waals surface area contributed by atoms with Gasteiger partial charge in [-0.15, -0.1) is 0 Å². The number of hydrogen-bond donors (Lipinski definition) is 0. The van der Waals surface area contributed by atoms with Crippen LogP contribution < -0.4 is 4.74 Å². The molecule has 0 aliphatic rings. The Bertz CT molecular complexity index is 723. The van der Waals surface area contributed by atoms with Crippen LogP contribution in [0.4, 0.5) is 0 Å². The highest BCUT2D eigenvalue weighted by Crippen LogP contribution is 2.24. The quantitative estimate of drug-likeness (QED) is 0.733. The molecule has 0 fully saturated rings. The van der Waals surface area contributed by atoms with Crippen molar-refractivity contribution in [3.8, 4) is 5.75 Å². The maximum Gasteiger partial charge on any atom is 0.180 e. The van der Waals surface area contributed by atoms with Gasteiger partial charge >= 0.3 is 0 Å². The number of benzene rings is 2. The van der Waals surface area contributed by atoms with Crippen molar-refractivity contribution in [3.05, 3.63) is 65.2 Å². The average molecular weight is 325 g/mol. The van der Waals surface area contributed by atoms with E-state index in [1.54, 1.807) is 19.2 Å². The van der Waals surface area contributed by atoms with Crippen molar-refractivity contribution in [2.75, 3.05) is 21.2 Å². The summed E-state index contributed by atoms with van der Waals surface area (Å²) in [6, 6.07) is 14.3. The zero-order valence-electron chi connectivity index (χ0n) is 14.6. The molecule has 1 atom stereocenters. The minimum atomic E-state index is -0.330. The SMILES string of the molecule is COc1ccc(C(C)=O)cc1C[C@@H](C(=O)c1ccccc1)N(C)C. The predicted molar refractivity (Wildman–Crippen MR) is 95.0 cm³/mol. The van der Waals surface area contributed by atoms with Gasteiger partial charge in [-0.2, -0.15) is 0 Å². The van der Waals surface area contributed by atoms with Crippen molar-refractivity contribution >= 4 is 11.6 Å². The molecule has 0 heterocycles. The van der Waals surface area contributed by atoms with Gasteiger partial charge in [0.25, 0.3) is 0 Å². The summed E-state index contributed by atoms with van der Waals surface area (Å²) < 4.78 is 5.41. The predicted octanol–water partition coefficient (Wildman–Crippen LogP) is 3.25. The maximum absolute atomic E-state index is 12.9. The summed E-state index contributed by atoms with van der Waals surface area (Å²) in [4.78, 5) is 26.4. The second-order valence-corrected chi connectivity index (χ2v) is 6.00. The molecule has 126 valence electrons. The first-order valence-corrected chi connectivity index (χ1v) is 7.87. The fourth-order valence-electron chi connectivity index (χ4n) is 2.67. The number of likely N-dealkylation sites (N-methyl/N-ethyl adjacent to an activating group) is 1. The van der Waals surface area contributed by atoms with Gasteiger partial charge in [-0.3, -0.25) is 14.5 Å². The molecular formula is C20H23NO3. The second-order valence-electron chi connectivity index (χ2n) is 6.00. The van der Waals surface area contributed by atoms with E-state index in [4.69, 9.17) is 4.74 Å². The first-order chi connectivity index (χ1) is 11.4. The van der Waals surface area contributed by atoms with Crippen molar-refractivity contribution in [2.24, 2.45) is 0 Å². The zero-order valence-corrected chi connectivity index (χ0v) is 14.6. The lowest BCUT2D eigenvalue weighted by atomic mass is 9.95. The van der Waals surface area contributed by atoms with Crippen molar-refractivity contribution in [1.29, 1.82) is 0 Å². The summed E-state index contributed by atoms with van der Waals surface area (Å²) in [5.41, 5.74) is 2.15. The van der Waals surface area contributed by atoms with Gasteiger partial charge in [0.1, 0.15) is 5.75 Å². The molecule has 0 N–H and O–H groups in total. The Labute approximate surface area is 143 Å². The van der Waals surface area contributed by atoms with Gasteiger partial charge in [0, 0.05) is 11.1 Å². The van der Waals surface area contributed by atoms with Crippen molar-refractivity contribution in [2.45, 2.75) is 19.4 Å². The van der Waals surface area contributed by atoms with Crippen molar-refractivity contribution in [1.82, 2.24) is 4.90 Å². The van der Waals surface area contributed by atoms with Crippen molar-refractivity contribution in [3.63, 3.8) is 0 Å². The Kier molecular flexibility index (Phi) is 5.88. The lowest BCUT2D eigenvalue weighted by molar-refractivity contribution is 0.0874. The summed E-state index contributed by atoms with van der Waals surface area (Å²) in [6.07, 6.45) is 0.477. The first-order valence-electron chi connectivity index (χ1n) is 7.87. The molecule has 0 aliphatic heterocycles. The van der Waals surface area contributed by atoms with Gasteiger partial charge < -0.3 is 4.74 Å². The third kappa shape index (κ3) is 4.09. The van der Waals surface area contributed by atoms with Crippen LogP contribution in [0.2, 0.25) is 0 Å². The summed E-state index contributed by atoms with van der Waals surface area (Å²) in [5.74, 6) is 0.735. The number of rotatable bonds is 7. The molecule has 0 bridgehead atoms. The highest BCUT2D eigenvalue weighted by atomic mass is 16.5. The summed E-state index contributed by atoms with van der Waals surface area (Å²) in [7, 11) is 5.36. The molecule has 24 heavy (non-hydrogen) atoms. The van der Waals surface area contributed by atoms with E-state index in [9.17, 15) is 9.59 Å². The number of ketones is 2. The zero-order chi connectivity index (χ0) is 17.7. The molecule has 0 saturated carbocycles. The Morgan fingerprint density at radius 1 is 1.04 bits per heavy atom. The molecule has 2 rings (SSSR count). The van der Waals surface area contributed by atoms with Gasteiger partial charge in [0.05, 0.1) is 13.2 Å². The molecule has 0 radical (unpaired) electrons. The molecule has 0 aliphatic carbocycles. The van der Waals surface area contributed by atoms with Crippen LogP contribution >= 0.6 is 0 Å². The Balaban J connectivity index is 2.36. The van der Waals surface area contributed by atoms with Crippen molar-refractivity contribution < 1.29 is 14.3 Å². The lowest BCUT2D eigenvalue weighted by Gasteiger charge is -2.24. The minimum Gasteiger partial charge on any atom is -0.496 e. The number of methoxy groups -OCH3 is 1. The molecule has 0 amide bonds. The van der Waals surface area contributed by atoms with Crippen LogP contribution in [0, 0.1) is 0 Å². The third-order valence-electron chi connectivity index (χ3n) is 4.08. The molecule has 0 unspecified atom stereocenters. The summed E-state index contributed by atoms with van der Waals surface area (Å²) >= 11 is 0. The highest BCUT2D eigenvalue weighted by Gasteiger charge is 2.24. The Hall–Kier alpha value is -2.46. The molecule has 2 aromatic rings. The van der Waals surface area contributed by atoms with Crippen LogP contribution in [-0.4, -0.2) is 43.7 Å². The number of nitrogens with zero attached hydrogens (tertiary/aromatic N) is 1. The standard InChI is InChI=1S/C20H23NO3/c1-14(22)16-10-11-19(24-4)17(12-16)13-18(21(2)3)20(23)15-8-6-5-7-9-15/h5-12,18H,13H2,1-4H3/t18-/m0/s1. The van der Waals surface area contributed by atoms with Gasteiger partial charge in [-0.1, -0.05) is 30.3 Å². The number of hydrogen-bond acceptors (Lipinski definition) is 4. The van der Waals surface area contributed by atoms with E-state index in [0.717, 1.165) is 5.56 Å². The van der Waals surface area contributed by atoms with Crippen LogP contribution in [0.3, 0.4) is 0 Å². The van der Waals surface area contributed by atoms with Gasteiger partial charge in [0.2, 0.25) is 0 Å². The number of carbonyl (C=O) groups excluding carboxylic acids is 2. The molecular weight excluding hydrogens is 302 g/mol. The smallest absolute Gasteiger partial charge is 0.180 e. The second kappa shape index (κ2) is 7.88. The van der Waals surface area contributed by atoms with Crippen LogP contribution in [0.15, 0.2) is 48.5 Å². The maximum atomic E-state index is 12.9. The molecule has 4 heteroatoms. The van der Waals surface area contributed by atoms with Crippen LogP contribution in [0.1, 0.15) is 33.2 Å². The minimum absolute atomic E-state index is 0.00491. The van der Waals surface area contributed by atoms with Gasteiger partial charge in [-0.25, -0.2) is 0 Å². The monoisotopic (exact) mass is 325 g/mol. The fourth-order valence-corrected chi connectivity index (χ4v) is 2.67. The number of carbonyl (C=O) groups is 2. The first kappa shape index (κ1) is 17.9. The molecule has 0 saturated heterocycles. The largest absolute Gasteiger partial charge is 0.496 e. The average Bonchev–Trinajstić information content (AvgIpc) is 2.59. The Morgan fingerprint density at radius 2 is 1.71 bits per heavy atom. The topological polar surface area (TPSA) is 46.6 Å². The van der Waals surface area contributed by atoms with Crippen LogP contribution in [0.25, 0.3) is 0 Å². The van der Waals surface area contributed by atoms with E-state index in [1.807, 2.05) is 55.4 Å². The normalized spacial score (nSPS) is 12.0. The van der Waals surface area contributed by atoms with Gasteiger partial charge in [0.15, 0.2) is 11.6 Å². The van der Waals surface area contributed by atoms with E-state index in [0.29, 0.717) is 23.3 Å². The van der Waals surface area contributed by atoms with Gasteiger partial charge in [-0.05, 0) is 51.2 Å². The molecule has 4 nitrogen and oxygen atoms in total. The van der Waals surface area contributed by atoms with E-state index < -0.39 is 0 Å². The molecule has 0 spiro atoms. The van der Waals surface area contributed by atoms with E-state index in [-0.39, 0.29) is 17.6 Å². The highest BCUT2D eigenvalue weighted by molar-refractivity contribution is 6.00. The fraction of sp³-hybridized carbons (Fsp3) is 0.300. The summed E-state index contributed by atoms with van der Waals surface area (Å²) in [6.45, 7) is 1.53. The molecule has 0 aromatic heterocycles. The van der Waals surface area contributed by atoms with E-state index in [2.05, 4.69) is 0 Å². The Morgan fingerprint density at radius 3 is 2.25 bits per heavy atom. The van der Waals surface area contributed by atoms with E-state index >= 15 is 0 Å². The number of ether oxygens (including phenoxy) is 1. The van der Waals surface area contributed by atoms with E-state index in [1.165, 1.54) is 6.92 Å². The van der Waals surface area contributed by atoms with Crippen LogP contribution in [0.5, 0.6) is 5.75 Å². The lowest BCUT2D eigenvalue weighted by Crippen LogP contribution is -2.37. The molecule has 2 aromatic carbocycles. The summed E-state index contributed by atoms with van der Waals surface area (Å²) in [5, 5.41) is 0. The third-order valence-corrected chi connectivity index (χ3v) is 4.08. The van der Waals surface area contributed by atoms with Crippen LogP contribution in [-0.2, 0) is 6.42 Å². The number of Topliss-reactive ketones (excluding diaryl/α,β-unsaturated/α-hetero) is 2.